The largest absolute Gasteiger partial charge is 0.480 e. The van der Waals surface area contributed by atoms with Crippen LogP contribution in [-0.2, 0) is 11.2 Å². The Balaban J connectivity index is 1.61. The first kappa shape index (κ1) is 13.4. The number of carboxylic acids is 1. The molecule has 0 saturated heterocycles. The van der Waals surface area contributed by atoms with Gasteiger partial charge in [0.05, 0.1) is 6.04 Å². The molecule has 1 aromatic heterocycles. The van der Waals surface area contributed by atoms with Crippen LogP contribution in [0.4, 0.5) is 4.79 Å². The summed E-state index contributed by atoms with van der Waals surface area (Å²) in [5.74, 6) is -0.844. The number of nitrogens with one attached hydrogen (secondary N) is 2. The van der Waals surface area contributed by atoms with Crippen molar-refractivity contribution in [3.05, 3.63) is 21.9 Å². The van der Waals surface area contributed by atoms with Crippen molar-refractivity contribution in [3.63, 3.8) is 0 Å². The van der Waals surface area contributed by atoms with E-state index < -0.39 is 12.0 Å². The third kappa shape index (κ3) is 2.80. The predicted octanol–water partition coefficient (Wildman–Crippen LogP) is 2.29. The zero-order valence-corrected chi connectivity index (χ0v) is 11.9. The van der Waals surface area contributed by atoms with Gasteiger partial charge in [-0.1, -0.05) is 0 Å². The Bertz CT molecular complexity index is 524. The second-order valence-electron chi connectivity index (χ2n) is 5.52. The molecule has 1 saturated carbocycles. The van der Waals surface area contributed by atoms with Crippen LogP contribution in [0.15, 0.2) is 11.4 Å². The summed E-state index contributed by atoms with van der Waals surface area (Å²) >= 11 is 1.72. The smallest absolute Gasteiger partial charge is 0.326 e. The van der Waals surface area contributed by atoms with E-state index in [1.807, 2.05) is 5.38 Å². The van der Waals surface area contributed by atoms with Crippen molar-refractivity contribution in [1.82, 2.24) is 10.6 Å². The Morgan fingerprint density at radius 1 is 1.35 bits per heavy atom. The van der Waals surface area contributed by atoms with E-state index in [0.717, 1.165) is 32.1 Å². The summed E-state index contributed by atoms with van der Waals surface area (Å²) in [5.41, 5.74) is 1.19. The maximum absolute atomic E-state index is 12.0. The lowest BCUT2D eigenvalue weighted by Gasteiger charge is -2.24. The molecule has 2 unspecified atom stereocenters. The third-order valence-electron chi connectivity index (χ3n) is 4.00. The highest BCUT2D eigenvalue weighted by Gasteiger charge is 2.37. The minimum absolute atomic E-state index is 0.0126. The predicted molar refractivity (Wildman–Crippen MR) is 75.8 cm³/mol. The van der Waals surface area contributed by atoms with Gasteiger partial charge < -0.3 is 15.7 Å². The summed E-state index contributed by atoms with van der Waals surface area (Å²) in [6.45, 7) is 0. The van der Waals surface area contributed by atoms with Crippen LogP contribution in [0.5, 0.6) is 0 Å². The van der Waals surface area contributed by atoms with E-state index >= 15 is 0 Å². The van der Waals surface area contributed by atoms with Gasteiger partial charge in [-0.05, 0) is 55.0 Å². The van der Waals surface area contributed by atoms with Gasteiger partial charge in [-0.3, -0.25) is 0 Å². The molecule has 2 aliphatic carbocycles. The highest BCUT2D eigenvalue weighted by atomic mass is 32.1. The van der Waals surface area contributed by atoms with Crippen LogP contribution < -0.4 is 10.6 Å². The van der Waals surface area contributed by atoms with Gasteiger partial charge in [0.2, 0.25) is 0 Å². The molecule has 6 heteroatoms. The summed E-state index contributed by atoms with van der Waals surface area (Å²) in [5, 5.41) is 16.7. The van der Waals surface area contributed by atoms with Crippen LogP contribution in [0, 0.1) is 5.92 Å². The van der Waals surface area contributed by atoms with Gasteiger partial charge in [-0.15, -0.1) is 11.3 Å². The van der Waals surface area contributed by atoms with Crippen molar-refractivity contribution in [3.8, 4) is 0 Å². The molecule has 3 rings (SSSR count). The average Bonchev–Trinajstić information content (AvgIpc) is 3.12. The second-order valence-corrected chi connectivity index (χ2v) is 6.52. The number of hydrogen-bond acceptors (Lipinski definition) is 3. The Morgan fingerprint density at radius 3 is 2.85 bits per heavy atom. The zero-order valence-electron chi connectivity index (χ0n) is 11.1. The van der Waals surface area contributed by atoms with Crippen molar-refractivity contribution in [2.24, 2.45) is 5.92 Å². The van der Waals surface area contributed by atoms with Gasteiger partial charge in [-0.25, -0.2) is 9.59 Å². The number of aliphatic carboxylic acids is 1. The molecular formula is C14H18N2O3S. The molecule has 1 fully saturated rings. The summed E-state index contributed by atoms with van der Waals surface area (Å²) in [6.07, 6.45) is 4.82. The normalized spacial score (nSPS) is 22.7. The number of rotatable bonds is 4. The number of carboxylic acid groups (broad SMARTS) is 1. The zero-order chi connectivity index (χ0) is 14.1. The number of urea groups is 1. The summed E-state index contributed by atoms with van der Waals surface area (Å²) in [6, 6.07) is 0.951. The topological polar surface area (TPSA) is 78.4 Å². The van der Waals surface area contributed by atoms with Crippen LogP contribution in [-0.4, -0.2) is 23.1 Å². The Labute approximate surface area is 121 Å². The first-order chi connectivity index (χ1) is 9.65. The van der Waals surface area contributed by atoms with Gasteiger partial charge in [0, 0.05) is 4.88 Å². The van der Waals surface area contributed by atoms with E-state index in [4.69, 9.17) is 5.11 Å². The average molecular weight is 294 g/mol. The van der Waals surface area contributed by atoms with E-state index in [1.54, 1.807) is 11.3 Å². The summed E-state index contributed by atoms with van der Waals surface area (Å²) in [7, 11) is 0. The lowest BCUT2D eigenvalue weighted by Crippen LogP contribution is -2.48. The van der Waals surface area contributed by atoms with Crippen molar-refractivity contribution in [2.75, 3.05) is 0 Å². The molecular weight excluding hydrogens is 276 g/mol. The van der Waals surface area contributed by atoms with Crippen LogP contribution in [0.3, 0.4) is 0 Å². The van der Waals surface area contributed by atoms with Crippen molar-refractivity contribution in [1.29, 1.82) is 0 Å². The minimum atomic E-state index is -0.942. The standard InChI is InChI=1S/C14H18N2O3S/c17-13(18)12(8-4-5-8)16-14(19)15-10-2-1-3-11-9(10)6-7-20-11/h6-8,10,12H,1-5H2,(H,17,18)(H2,15,16,19). The minimum Gasteiger partial charge on any atom is -0.480 e. The van der Waals surface area contributed by atoms with Crippen LogP contribution in [0.1, 0.15) is 42.2 Å². The van der Waals surface area contributed by atoms with E-state index in [9.17, 15) is 9.59 Å². The quantitative estimate of drug-likeness (QED) is 0.797. The van der Waals surface area contributed by atoms with E-state index in [-0.39, 0.29) is 18.0 Å². The lowest BCUT2D eigenvalue weighted by molar-refractivity contribution is -0.139. The molecule has 1 heterocycles. The number of carbonyl (C=O) groups excluding carboxylic acids is 1. The molecule has 0 aromatic carbocycles. The van der Waals surface area contributed by atoms with Crippen LogP contribution in [0.25, 0.3) is 0 Å². The number of aryl methyl sites for hydroxylation is 1. The van der Waals surface area contributed by atoms with Gasteiger partial charge in [0.15, 0.2) is 0 Å². The van der Waals surface area contributed by atoms with Gasteiger partial charge >= 0.3 is 12.0 Å². The molecule has 108 valence electrons. The highest BCUT2D eigenvalue weighted by molar-refractivity contribution is 7.10. The SMILES string of the molecule is O=C(NC1CCCc2sccc21)NC(C(=O)O)C1CC1. The molecule has 5 nitrogen and oxygen atoms in total. The highest BCUT2D eigenvalue weighted by Crippen LogP contribution is 2.34. The van der Waals surface area contributed by atoms with E-state index in [0.29, 0.717) is 0 Å². The molecule has 1 aromatic rings. The maximum Gasteiger partial charge on any atom is 0.326 e. The molecule has 2 aliphatic rings. The van der Waals surface area contributed by atoms with Gasteiger partial charge in [0.1, 0.15) is 6.04 Å². The van der Waals surface area contributed by atoms with Crippen LogP contribution >= 0.6 is 11.3 Å². The molecule has 0 bridgehead atoms. The first-order valence-corrected chi connectivity index (χ1v) is 7.89. The fourth-order valence-electron chi connectivity index (χ4n) is 2.79. The summed E-state index contributed by atoms with van der Waals surface area (Å²) in [4.78, 5) is 24.5. The lowest BCUT2D eigenvalue weighted by atomic mass is 9.94. The Hall–Kier alpha value is -1.56. The number of fused-ring (bicyclic) bond motifs is 1. The summed E-state index contributed by atoms with van der Waals surface area (Å²) < 4.78 is 0. The Morgan fingerprint density at radius 2 is 2.15 bits per heavy atom. The van der Waals surface area contributed by atoms with Crippen molar-refractivity contribution >= 4 is 23.3 Å². The fraction of sp³-hybridized carbons (Fsp3) is 0.571. The molecule has 2 atom stereocenters. The molecule has 2 amide bonds. The van der Waals surface area contributed by atoms with E-state index in [2.05, 4.69) is 16.7 Å². The van der Waals surface area contributed by atoms with Crippen LogP contribution in [0.2, 0.25) is 0 Å². The molecule has 20 heavy (non-hydrogen) atoms. The third-order valence-corrected chi connectivity index (χ3v) is 5.00. The van der Waals surface area contributed by atoms with Gasteiger partial charge in [0.25, 0.3) is 0 Å². The van der Waals surface area contributed by atoms with Crippen molar-refractivity contribution in [2.45, 2.75) is 44.2 Å². The first-order valence-electron chi connectivity index (χ1n) is 7.01. The monoisotopic (exact) mass is 294 g/mol. The number of amides is 2. The molecule has 0 spiro atoms. The maximum atomic E-state index is 12.0. The van der Waals surface area contributed by atoms with Gasteiger partial charge in [-0.2, -0.15) is 0 Å². The molecule has 0 aliphatic heterocycles. The fourth-order valence-corrected chi connectivity index (χ4v) is 3.78. The second kappa shape index (κ2) is 5.44. The van der Waals surface area contributed by atoms with E-state index in [1.165, 1.54) is 10.4 Å². The molecule has 3 N–H and O–H groups in total. The number of carbonyl (C=O) groups is 2. The molecule has 0 radical (unpaired) electrons. The number of hydrogen-bond donors (Lipinski definition) is 3. The number of thiophene rings is 1. The Kier molecular flexibility index (Phi) is 3.65. The van der Waals surface area contributed by atoms with Crippen molar-refractivity contribution < 1.29 is 14.7 Å².